The van der Waals surface area contributed by atoms with E-state index in [1.807, 2.05) is 6.92 Å². The van der Waals surface area contributed by atoms with Crippen molar-refractivity contribution in [2.24, 2.45) is 10.7 Å². The summed E-state index contributed by atoms with van der Waals surface area (Å²) < 4.78 is 5.53. The van der Waals surface area contributed by atoms with Crippen LogP contribution in [0.25, 0.3) is 0 Å². The molecule has 2 aliphatic rings. The van der Waals surface area contributed by atoms with Gasteiger partial charge in [-0.3, -0.25) is 14.6 Å². The molecule has 1 aliphatic carbocycles. The van der Waals surface area contributed by atoms with Crippen LogP contribution in [-0.4, -0.2) is 63.8 Å². The summed E-state index contributed by atoms with van der Waals surface area (Å²) in [5.41, 5.74) is 7.38. The Bertz CT molecular complexity index is 1110. The molecule has 35 heavy (non-hydrogen) atoms. The summed E-state index contributed by atoms with van der Waals surface area (Å²) in [6, 6.07) is 0. The number of anilines is 2. The van der Waals surface area contributed by atoms with E-state index < -0.39 is 11.8 Å². The van der Waals surface area contributed by atoms with Crippen LogP contribution < -0.4 is 21.7 Å². The number of rotatable bonds is 10. The Hall–Kier alpha value is -3.93. The smallest absolute Gasteiger partial charge is 0.278 e. The number of nitrogens with one attached hydrogen (secondary N) is 3. The Labute approximate surface area is 202 Å². The van der Waals surface area contributed by atoms with Crippen LogP contribution in [-0.2, 0) is 9.53 Å². The number of amides is 2. The number of ether oxygens (including phenoxy) is 1. The Kier molecular flexibility index (Phi) is 7.93. The zero-order chi connectivity index (χ0) is 24.6. The maximum atomic E-state index is 13.3. The number of carbonyl (C=O) groups is 2. The highest BCUT2D eigenvalue weighted by atomic mass is 16.5. The van der Waals surface area contributed by atoms with Gasteiger partial charge >= 0.3 is 0 Å². The Morgan fingerprint density at radius 1 is 1.23 bits per heavy atom. The summed E-state index contributed by atoms with van der Waals surface area (Å²) in [6.45, 7) is 3.30. The molecule has 4 rings (SSSR count). The molecule has 2 fully saturated rings. The zero-order valence-electron chi connectivity index (χ0n) is 19.5. The van der Waals surface area contributed by atoms with Crippen LogP contribution in [0.4, 0.5) is 11.5 Å². The molecule has 3 heterocycles. The third-order valence-electron chi connectivity index (χ3n) is 5.53. The molecular formula is C23H29N9O3. The summed E-state index contributed by atoms with van der Waals surface area (Å²) in [5.74, 6) is -0.578. The summed E-state index contributed by atoms with van der Waals surface area (Å²) in [4.78, 5) is 47.1. The van der Waals surface area contributed by atoms with Crippen molar-refractivity contribution < 1.29 is 14.3 Å². The van der Waals surface area contributed by atoms with Gasteiger partial charge in [-0.25, -0.2) is 19.9 Å². The number of allylic oxidation sites excluding steroid dienone is 1. The van der Waals surface area contributed by atoms with Crippen LogP contribution in [0.5, 0.6) is 0 Å². The molecule has 0 spiro atoms. The first-order valence-corrected chi connectivity index (χ1v) is 11.6. The van der Waals surface area contributed by atoms with E-state index in [0.717, 1.165) is 31.4 Å². The average Bonchev–Trinajstić information content (AvgIpc) is 3.60. The molecule has 1 saturated heterocycles. The largest absolute Gasteiger partial charge is 0.393 e. The molecule has 2 aromatic heterocycles. The summed E-state index contributed by atoms with van der Waals surface area (Å²) in [7, 11) is 0. The minimum atomic E-state index is -0.577. The first kappa shape index (κ1) is 24.2. The van der Waals surface area contributed by atoms with Crippen molar-refractivity contribution in [2.45, 2.75) is 44.6 Å². The highest BCUT2D eigenvalue weighted by Crippen LogP contribution is 2.39. The molecule has 1 saturated carbocycles. The van der Waals surface area contributed by atoms with Gasteiger partial charge in [-0.15, -0.1) is 0 Å². The van der Waals surface area contributed by atoms with Crippen molar-refractivity contribution in [1.29, 1.82) is 0 Å². The minimum Gasteiger partial charge on any atom is -0.393 e. The van der Waals surface area contributed by atoms with E-state index in [4.69, 9.17) is 10.5 Å². The maximum absolute atomic E-state index is 13.3. The van der Waals surface area contributed by atoms with E-state index in [2.05, 4.69) is 40.9 Å². The molecule has 5 N–H and O–H groups in total. The molecule has 1 aliphatic heterocycles. The van der Waals surface area contributed by atoms with Crippen molar-refractivity contribution in [3.8, 4) is 0 Å². The van der Waals surface area contributed by atoms with E-state index in [9.17, 15) is 9.59 Å². The number of aromatic nitrogens is 4. The van der Waals surface area contributed by atoms with Gasteiger partial charge in [0.2, 0.25) is 0 Å². The maximum Gasteiger partial charge on any atom is 0.278 e. The monoisotopic (exact) mass is 479 g/mol. The van der Waals surface area contributed by atoms with Gasteiger partial charge in [-0.1, -0.05) is 0 Å². The van der Waals surface area contributed by atoms with Gasteiger partial charge in [0.05, 0.1) is 41.8 Å². The molecule has 12 heteroatoms. The van der Waals surface area contributed by atoms with Crippen LogP contribution in [0.15, 0.2) is 41.3 Å². The first-order valence-electron chi connectivity index (χ1n) is 11.6. The molecule has 0 bridgehead atoms. The highest BCUT2D eigenvalue weighted by molar-refractivity contribution is 6.05. The number of nitrogens with two attached hydrogens (primary N) is 1. The van der Waals surface area contributed by atoms with Gasteiger partial charge in [0.1, 0.15) is 12.0 Å². The van der Waals surface area contributed by atoms with Crippen molar-refractivity contribution >= 4 is 29.5 Å². The predicted octanol–water partition coefficient (Wildman–Crippen LogP) is 1.17. The Morgan fingerprint density at radius 2 is 2.03 bits per heavy atom. The standard InChI is InChI=1S/C23H29N9O3/c1-2-25-11-18(19(24)22(33)29-10-16-4-3-7-35-16)32-23(34)20-21(30-15-8-26-13-27-9-15)28-12-17(31-20)14-5-6-14/h8-9,11-14,16H,2-7,10,24H2,1H3,(H,28,30)(H,29,33)(H,32,34). The Balaban J connectivity index is 1.56. The lowest BCUT2D eigenvalue weighted by Crippen LogP contribution is -2.38. The van der Waals surface area contributed by atoms with Crippen molar-refractivity contribution in [3.63, 3.8) is 0 Å². The molecular weight excluding hydrogens is 450 g/mol. The molecule has 0 aromatic carbocycles. The molecule has 1 unspecified atom stereocenters. The third kappa shape index (κ3) is 6.57. The van der Waals surface area contributed by atoms with Crippen LogP contribution in [0.3, 0.4) is 0 Å². The van der Waals surface area contributed by atoms with Crippen LogP contribution in [0, 0.1) is 0 Å². The number of carbonyl (C=O) groups excluding carboxylic acids is 2. The molecule has 1 atom stereocenters. The molecule has 12 nitrogen and oxygen atoms in total. The molecule has 184 valence electrons. The normalized spacial score (nSPS) is 18.3. The number of nitrogens with zero attached hydrogens (tertiary/aromatic N) is 5. The van der Waals surface area contributed by atoms with Crippen LogP contribution in [0.2, 0.25) is 0 Å². The number of hydrogen-bond donors (Lipinski definition) is 4. The lowest BCUT2D eigenvalue weighted by molar-refractivity contribution is -0.118. The topological polar surface area (TPSA) is 169 Å². The van der Waals surface area contributed by atoms with E-state index >= 15 is 0 Å². The average molecular weight is 480 g/mol. The van der Waals surface area contributed by atoms with Crippen molar-refractivity contribution in [2.75, 3.05) is 25.0 Å². The fraction of sp³-hybridized carbons (Fsp3) is 0.435. The SMILES string of the molecule is CCN=CC(NC(=O)c1nc(C2CC2)cnc1Nc1cncnc1)=C(N)C(=O)NCC1CCCO1. The van der Waals surface area contributed by atoms with Gasteiger partial charge in [0.15, 0.2) is 11.5 Å². The lowest BCUT2D eigenvalue weighted by atomic mass is 10.2. The van der Waals surface area contributed by atoms with Crippen molar-refractivity contribution in [3.05, 3.63) is 47.7 Å². The summed E-state index contributed by atoms with van der Waals surface area (Å²) in [6.07, 6.45) is 11.3. The number of aliphatic imine (C=N–C) groups is 1. The molecule has 2 amide bonds. The third-order valence-corrected chi connectivity index (χ3v) is 5.53. The van der Waals surface area contributed by atoms with Gasteiger partial charge in [0.25, 0.3) is 11.8 Å². The summed E-state index contributed by atoms with van der Waals surface area (Å²) >= 11 is 0. The second-order valence-electron chi connectivity index (χ2n) is 8.27. The quantitative estimate of drug-likeness (QED) is 0.288. The van der Waals surface area contributed by atoms with E-state index in [0.29, 0.717) is 25.4 Å². The predicted molar refractivity (Wildman–Crippen MR) is 129 cm³/mol. The first-order chi connectivity index (χ1) is 17.0. The fourth-order valence-corrected chi connectivity index (χ4v) is 3.49. The number of hydrogen-bond acceptors (Lipinski definition) is 10. The van der Waals surface area contributed by atoms with Crippen LogP contribution in [0.1, 0.15) is 54.7 Å². The van der Waals surface area contributed by atoms with Gasteiger partial charge in [-0.05, 0) is 32.6 Å². The van der Waals surface area contributed by atoms with Gasteiger partial charge < -0.3 is 26.4 Å². The highest BCUT2D eigenvalue weighted by Gasteiger charge is 2.28. The van der Waals surface area contributed by atoms with Gasteiger partial charge in [-0.2, -0.15) is 0 Å². The van der Waals surface area contributed by atoms with Crippen molar-refractivity contribution in [1.82, 2.24) is 30.6 Å². The molecule has 2 aromatic rings. The van der Waals surface area contributed by atoms with E-state index in [1.165, 1.54) is 12.5 Å². The minimum absolute atomic E-state index is 0.0369. The Morgan fingerprint density at radius 3 is 2.71 bits per heavy atom. The van der Waals surface area contributed by atoms with Gasteiger partial charge in [0, 0.05) is 31.8 Å². The summed E-state index contributed by atoms with van der Waals surface area (Å²) in [5, 5.41) is 8.47. The second kappa shape index (κ2) is 11.5. The second-order valence-corrected chi connectivity index (χ2v) is 8.27. The fourth-order valence-electron chi connectivity index (χ4n) is 3.49. The van der Waals surface area contributed by atoms with E-state index in [1.54, 1.807) is 18.6 Å². The zero-order valence-corrected chi connectivity index (χ0v) is 19.5. The molecule has 0 radical (unpaired) electrons. The van der Waals surface area contributed by atoms with E-state index in [-0.39, 0.29) is 34.9 Å². The lowest BCUT2D eigenvalue weighted by Gasteiger charge is -2.14. The van der Waals surface area contributed by atoms with Crippen LogP contribution >= 0.6 is 0 Å².